The standard InChI is InChI=1S/C12H17N3/c1-2-3-4-8-15-9-7-12(14-15)10-13-11-5-6-11/h7,9,11,13H,4-6,8,10H2,1H3. The number of hydrogen-bond acceptors (Lipinski definition) is 2. The molecular formula is C12H17N3. The second kappa shape index (κ2) is 4.99. The first-order chi connectivity index (χ1) is 7.38. The molecule has 15 heavy (non-hydrogen) atoms. The van der Waals surface area contributed by atoms with Gasteiger partial charge in [-0.05, 0) is 25.8 Å². The number of rotatable bonds is 5. The van der Waals surface area contributed by atoms with Gasteiger partial charge in [0.25, 0.3) is 0 Å². The maximum atomic E-state index is 4.47. The molecule has 1 saturated carbocycles. The van der Waals surface area contributed by atoms with Crippen LogP contribution in [0.25, 0.3) is 0 Å². The molecule has 1 fully saturated rings. The minimum absolute atomic E-state index is 0.751. The van der Waals surface area contributed by atoms with Gasteiger partial charge in [0, 0.05) is 25.2 Å². The van der Waals surface area contributed by atoms with Crippen LogP contribution in [0.1, 0.15) is 31.9 Å². The summed E-state index contributed by atoms with van der Waals surface area (Å²) in [5, 5.41) is 7.92. The molecule has 0 aromatic carbocycles. The molecule has 1 aromatic rings. The highest BCUT2D eigenvalue weighted by molar-refractivity contribution is 5.00. The second-order valence-corrected chi connectivity index (χ2v) is 3.90. The predicted molar refractivity (Wildman–Crippen MR) is 60.2 cm³/mol. The molecule has 0 saturated heterocycles. The van der Waals surface area contributed by atoms with Crippen LogP contribution >= 0.6 is 0 Å². The Balaban J connectivity index is 1.76. The van der Waals surface area contributed by atoms with Crippen LogP contribution in [0.15, 0.2) is 12.3 Å². The van der Waals surface area contributed by atoms with Gasteiger partial charge in [0.05, 0.1) is 12.2 Å². The molecule has 0 bridgehead atoms. The Kier molecular flexibility index (Phi) is 3.41. The number of aryl methyl sites for hydroxylation is 1. The van der Waals surface area contributed by atoms with Crippen LogP contribution in [-0.4, -0.2) is 15.8 Å². The summed E-state index contributed by atoms with van der Waals surface area (Å²) < 4.78 is 1.97. The fourth-order valence-electron chi connectivity index (χ4n) is 1.45. The highest BCUT2D eigenvalue weighted by Gasteiger charge is 2.20. The van der Waals surface area contributed by atoms with Crippen LogP contribution < -0.4 is 5.32 Å². The van der Waals surface area contributed by atoms with E-state index in [4.69, 9.17) is 0 Å². The van der Waals surface area contributed by atoms with Gasteiger partial charge in [0.2, 0.25) is 0 Å². The Labute approximate surface area is 90.9 Å². The lowest BCUT2D eigenvalue weighted by Crippen LogP contribution is -2.15. The van der Waals surface area contributed by atoms with Gasteiger partial charge in [-0.1, -0.05) is 0 Å². The van der Waals surface area contributed by atoms with Gasteiger partial charge in [0.15, 0.2) is 0 Å². The summed E-state index contributed by atoms with van der Waals surface area (Å²) in [5.74, 6) is 5.93. The SMILES string of the molecule is CC#CCCn1ccc(CNC2CC2)n1. The zero-order chi connectivity index (χ0) is 10.5. The first-order valence-corrected chi connectivity index (χ1v) is 5.54. The molecule has 3 nitrogen and oxygen atoms in total. The topological polar surface area (TPSA) is 29.9 Å². The third-order valence-corrected chi connectivity index (χ3v) is 2.49. The summed E-state index contributed by atoms with van der Waals surface area (Å²) in [6.07, 6.45) is 5.56. The van der Waals surface area contributed by atoms with Crippen LogP contribution in [0.4, 0.5) is 0 Å². The third kappa shape index (κ3) is 3.41. The number of hydrogen-bond donors (Lipinski definition) is 1. The maximum absolute atomic E-state index is 4.47. The average Bonchev–Trinajstić information content (AvgIpc) is 2.97. The van der Waals surface area contributed by atoms with Crippen molar-refractivity contribution in [1.29, 1.82) is 0 Å². The molecule has 0 unspecified atom stereocenters. The average molecular weight is 203 g/mol. The van der Waals surface area contributed by atoms with E-state index in [1.807, 2.05) is 17.8 Å². The van der Waals surface area contributed by atoms with Crippen LogP contribution in [0, 0.1) is 11.8 Å². The quantitative estimate of drug-likeness (QED) is 0.736. The predicted octanol–water partition coefficient (Wildman–Crippen LogP) is 1.55. The molecule has 1 heterocycles. The van der Waals surface area contributed by atoms with Crippen molar-refractivity contribution >= 4 is 0 Å². The monoisotopic (exact) mass is 203 g/mol. The van der Waals surface area contributed by atoms with Gasteiger partial charge >= 0.3 is 0 Å². The van der Waals surface area contributed by atoms with Crippen molar-refractivity contribution in [2.24, 2.45) is 0 Å². The number of aromatic nitrogens is 2. The Morgan fingerprint density at radius 1 is 1.60 bits per heavy atom. The van der Waals surface area contributed by atoms with E-state index < -0.39 is 0 Å². The van der Waals surface area contributed by atoms with E-state index in [1.54, 1.807) is 0 Å². The molecule has 0 radical (unpaired) electrons. The number of nitrogens with zero attached hydrogens (tertiary/aromatic N) is 2. The van der Waals surface area contributed by atoms with Gasteiger partial charge in [0.1, 0.15) is 0 Å². The molecule has 0 amide bonds. The highest BCUT2D eigenvalue weighted by atomic mass is 15.3. The van der Waals surface area contributed by atoms with Crippen LogP contribution in [-0.2, 0) is 13.1 Å². The van der Waals surface area contributed by atoms with Crippen molar-refractivity contribution in [3.05, 3.63) is 18.0 Å². The normalized spacial score (nSPS) is 14.7. The first kappa shape index (κ1) is 10.3. The Bertz CT molecular complexity index is 366. The first-order valence-electron chi connectivity index (χ1n) is 5.54. The summed E-state index contributed by atoms with van der Waals surface area (Å²) in [6, 6.07) is 2.83. The van der Waals surface area contributed by atoms with Crippen molar-refractivity contribution < 1.29 is 0 Å². The fraction of sp³-hybridized carbons (Fsp3) is 0.583. The molecule has 2 rings (SSSR count). The zero-order valence-corrected chi connectivity index (χ0v) is 9.16. The van der Waals surface area contributed by atoms with Gasteiger partial charge in [-0.2, -0.15) is 5.10 Å². The second-order valence-electron chi connectivity index (χ2n) is 3.90. The van der Waals surface area contributed by atoms with E-state index in [0.29, 0.717) is 0 Å². The van der Waals surface area contributed by atoms with Crippen molar-refractivity contribution in [3.8, 4) is 11.8 Å². The van der Waals surface area contributed by atoms with Gasteiger partial charge in [-0.3, -0.25) is 4.68 Å². The molecule has 80 valence electrons. The molecule has 0 atom stereocenters. The number of nitrogens with one attached hydrogen (secondary N) is 1. The minimum atomic E-state index is 0.751. The fourth-order valence-corrected chi connectivity index (χ4v) is 1.45. The van der Waals surface area contributed by atoms with Crippen molar-refractivity contribution in [2.75, 3.05) is 0 Å². The third-order valence-electron chi connectivity index (χ3n) is 2.49. The maximum Gasteiger partial charge on any atom is 0.0762 e. The highest BCUT2D eigenvalue weighted by Crippen LogP contribution is 2.18. The smallest absolute Gasteiger partial charge is 0.0762 e. The largest absolute Gasteiger partial charge is 0.308 e. The Morgan fingerprint density at radius 2 is 2.47 bits per heavy atom. The van der Waals surface area contributed by atoms with E-state index in [0.717, 1.165) is 31.2 Å². The zero-order valence-electron chi connectivity index (χ0n) is 9.16. The van der Waals surface area contributed by atoms with Crippen LogP contribution in [0.5, 0.6) is 0 Å². The van der Waals surface area contributed by atoms with E-state index in [1.165, 1.54) is 12.8 Å². The molecule has 0 spiro atoms. The lowest BCUT2D eigenvalue weighted by molar-refractivity contribution is 0.600. The van der Waals surface area contributed by atoms with Crippen LogP contribution in [0.2, 0.25) is 0 Å². The van der Waals surface area contributed by atoms with Crippen molar-refractivity contribution in [3.63, 3.8) is 0 Å². The minimum Gasteiger partial charge on any atom is -0.308 e. The molecule has 1 aliphatic rings. The lowest BCUT2D eigenvalue weighted by atomic mass is 10.4. The Morgan fingerprint density at radius 3 is 3.20 bits per heavy atom. The molecule has 1 N–H and O–H groups in total. The van der Waals surface area contributed by atoms with E-state index in [-0.39, 0.29) is 0 Å². The summed E-state index contributed by atoms with van der Waals surface area (Å²) in [7, 11) is 0. The summed E-state index contributed by atoms with van der Waals surface area (Å²) >= 11 is 0. The van der Waals surface area contributed by atoms with E-state index in [2.05, 4.69) is 28.3 Å². The van der Waals surface area contributed by atoms with Gasteiger partial charge in [-0.25, -0.2) is 0 Å². The van der Waals surface area contributed by atoms with E-state index in [9.17, 15) is 0 Å². The molecular weight excluding hydrogens is 186 g/mol. The van der Waals surface area contributed by atoms with Gasteiger partial charge in [-0.15, -0.1) is 11.8 Å². The Hall–Kier alpha value is -1.27. The van der Waals surface area contributed by atoms with Crippen molar-refractivity contribution in [1.82, 2.24) is 15.1 Å². The summed E-state index contributed by atoms with van der Waals surface area (Å²) in [4.78, 5) is 0. The van der Waals surface area contributed by atoms with Gasteiger partial charge < -0.3 is 5.32 Å². The molecule has 3 heteroatoms. The molecule has 1 aliphatic carbocycles. The molecule has 0 aliphatic heterocycles. The summed E-state index contributed by atoms with van der Waals surface area (Å²) in [6.45, 7) is 3.66. The van der Waals surface area contributed by atoms with Crippen LogP contribution in [0.3, 0.4) is 0 Å². The molecule has 1 aromatic heterocycles. The lowest BCUT2D eigenvalue weighted by Gasteiger charge is -1.98. The summed E-state index contributed by atoms with van der Waals surface area (Å²) in [5.41, 5.74) is 1.13. The van der Waals surface area contributed by atoms with E-state index >= 15 is 0 Å². The van der Waals surface area contributed by atoms with Crippen molar-refractivity contribution in [2.45, 2.75) is 45.3 Å².